The van der Waals surface area contributed by atoms with Crippen LogP contribution in [0.15, 0.2) is 30.3 Å². The summed E-state index contributed by atoms with van der Waals surface area (Å²) in [6, 6.07) is 14.7. The van der Waals surface area contributed by atoms with Gasteiger partial charge in [-0.3, -0.25) is 4.79 Å². The third-order valence-corrected chi connectivity index (χ3v) is 7.63. The van der Waals surface area contributed by atoms with Crippen molar-refractivity contribution in [1.82, 2.24) is 0 Å². The lowest BCUT2D eigenvalue weighted by Gasteiger charge is -2.44. The highest BCUT2D eigenvalue weighted by molar-refractivity contribution is 5.80. The summed E-state index contributed by atoms with van der Waals surface area (Å²) in [5, 5.41) is 19.3. The lowest BCUT2D eigenvalue weighted by Crippen LogP contribution is -2.43. The molecule has 0 saturated heterocycles. The van der Waals surface area contributed by atoms with Gasteiger partial charge in [0.2, 0.25) is 0 Å². The van der Waals surface area contributed by atoms with Gasteiger partial charge in [-0.1, -0.05) is 77.3 Å². The first-order valence-corrected chi connectivity index (χ1v) is 11.4. The Morgan fingerprint density at radius 1 is 1.20 bits per heavy atom. The molecule has 4 heteroatoms. The van der Waals surface area contributed by atoms with Gasteiger partial charge in [0.15, 0.2) is 5.41 Å². The summed E-state index contributed by atoms with van der Waals surface area (Å²) in [4.78, 5) is 13.2. The average Bonchev–Trinajstić information content (AvgIpc) is 3.40. The molecule has 1 aromatic rings. The molecule has 2 aliphatic carbocycles. The van der Waals surface area contributed by atoms with Gasteiger partial charge in [-0.05, 0) is 36.2 Å². The molecule has 0 amide bonds. The first-order chi connectivity index (χ1) is 14.3. The third kappa shape index (κ3) is 3.98. The zero-order valence-electron chi connectivity index (χ0n) is 18.7. The van der Waals surface area contributed by atoms with Gasteiger partial charge in [0.1, 0.15) is 6.10 Å². The maximum Gasteiger partial charge on any atom is 0.312 e. The maximum atomic E-state index is 13.2. The second kappa shape index (κ2) is 8.81. The van der Waals surface area contributed by atoms with E-state index in [1.807, 2.05) is 6.07 Å². The van der Waals surface area contributed by atoms with Gasteiger partial charge >= 0.3 is 5.97 Å². The van der Waals surface area contributed by atoms with Crippen LogP contribution in [0.2, 0.25) is 0 Å². The van der Waals surface area contributed by atoms with Crippen LogP contribution < -0.4 is 0 Å². The summed E-state index contributed by atoms with van der Waals surface area (Å²) in [6.45, 7) is 8.76. The van der Waals surface area contributed by atoms with Crippen molar-refractivity contribution >= 4 is 5.97 Å². The number of ether oxygens (including phenoxy) is 1. The van der Waals surface area contributed by atoms with Crippen molar-refractivity contribution in [3.05, 3.63) is 35.9 Å². The normalized spacial score (nSPS) is 30.0. The van der Waals surface area contributed by atoms with Gasteiger partial charge < -0.3 is 4.74 Å². The van der Waals surface area contributed by atoms with Crippen LogP contribution >= 0.6 is 0 Å². The van der Waals surface area contributed by atoms with Crippen LogP contribution in [0, 0.1) is 51.7 Å². The van der Waals surface area contributed by atoms with Crippen molar-refractivity contribution in [3.8, 4) is 12.1 Å². The van der Waals surface area contributed by atoms with Gasteiger partial charge in [-0.25, -0.2) is 0 Å². The third-order valence-electron chi connectivity index (χ3n) is 7.63. The smallest absolute Gasteiger partial charge is 0.312 e. The van der Waals surface area contributed by atoms with Gasteiger partial charge in [-0.15, -0.1) is 0 Å². The van der Waals surface area contributed by atoms with E-state index in [4.69, 9.17) is 4.74 Å². The van der Waals surface area contributed by atoms with Gasteiger partial charge in [-0.2, -0.15) is 10.5 Å². The fourth-order valence-electron chi connectivity index (χ4n) is 5.55. The zero-order chi connectivity index (χ0) is 21.9. The number of unbranched alkanes of at least 4 members (excludes halogenated alkanes) is 1. The Morgan fingerprint density at radius 3 is 2.47 bits per heavy atom. The molecule has 0 aromatic heterocycles. The second-order valence-electron chi connectivity index (χ2n) is 9.91. The van der Waals surface area contributed by atoms with Gasteiger partial charge in [0.05, 0.1) is 18.1 Å². The highest BCUT2D eigenvalue weighted by Crippen LogP contribution is 2.61. The molecule has 1 aromatic carbocycles. The number of esters is 1. The minimum atomic E-state index is -1.20. The number of nitrogens with zero attached hydrogens (tertiary/aromatic N) is 2. The number of nitriles is 2. The highest BCUT2D eigenvalue weighted by Gasteiger charge is 2.70. The van der Waals surface area contributed by atoms with Crippen LogP contribution in [0.25, 0.3) is 0 Å². The van der Waals surface area contributed by atoms with Crippen molar-refractivity contribution in [3.63, 3.8) is 0 Å². The van der Waals surface area contributed by atoms with Gasteiger partial charge in [0, 0.05) is 11.8 Å². The number of carbonyl (C=O) groups excluding carboxylic acids is 1. The molecule has 0 aliphatic heterocycles. The molecule has 0 heterocycles. The topological polar surface area (TPSA) is 73.9 Å². The summed E-state index contributed by atoms with van der Waals surface area (Å²) in [5.41, 5.74) is -0.0722. The minimum Gasteiger partial charge on any atom is -0.462 e. The maximum absolute atomic E-state index is 13.2. The second-order valence-corrected chi connectivity index (χ2v) is 9.91. The summed E-state index contributed by atoms with van der Waals surface area (Å²) in [6.07, 6.45) is 5.42. The molecule has 0 bridgehead atoms. The van der Waals surface area contributed by atoms with E-state index in [2.05, 4.69) is 64.1 Å². The molecule has 3 rings (SSSR count). The van der Waals surface area contributed by atoms with E-state index in [0.717, 1.165) is 38.5 Å². The SMILES string of the molecule is CCCC[C@@H]1[C@H](C(=O)O[C@@H]2C[C@H](C)CC[C@H]2C(C)(C)c2ccccc2)C1(C#N)C#N. The molecule has 2 aliphatic rings. The summed E-state index contributed by atoms with van der Waals surface area (Å²) in [5.74, 6) is -0.422. The van der Waals surface area contributed by atoms with Crippen LogP contribution in [-0.2, 0) is 14.9 Å². The molecule has 2 saturated carbocycles. The predicted octanol–water partition coefficient (Wildman–Crippen LogP) is 5.78. The summed E-state index contributed by atoms with van der Waals surface area (Å²) < 4.78 is 6.13. The summed E-state index contributed by atoms with van der Waals surface area (Å²) in [7, 11) is 0. The molecule has 4 nitrogen and oxygen atoms in total. The van der Waals surface area contributed by atoms with Crippen LogP contribution in [0.4, 0.5) is 0 Å². The quantitative estimate of drug-likeness (QED) is 0.538. The van der Waals surface area contributed by atoms with Crippen molar-refractivity contribution in [2.24, 2.45) is 29.1 Å². The number of hydrogen-bond acceptors (Lipinski definition) is 4. The predicted molar refractivity (Wildman–Crippen MR) is 116 cm³/mol. The average molecular weight is 407 g/mol. The Labute approximate surface area is 181 Å². The van der Waals surface area contributed by atoms with E-state index in [1.165, 1.54) is 5.56 Å². The molecule has 30 heavy (non-hydrogen) atoms. The van der Waals surface area contributed by atoms with Crippen molar-refractivity contribution in [1.29, 1.82) is 10.5 Å². The molecule has 0 unspecified atom stereocenters. The molecular weight excluding hydrogens is 372 g/mol. The molecule has 0 N–H and O–H groups in total. The lowest BCUT2D eigenvalue weighted by atomic mass is 9.64. The number of hydrogen-bond donors (Lipinski definition) is 0. The van der Waals surface area contributed by atoms with Crippen LogP contribution in [0.5, 0.6) is 0 Å². The van der Waals surface area contributed by atoms with E-state index < -0.39 is 11.3 Å². The van der Waals surface area contributed by atoms with Crippen molar-refractivity contribution in [2.75, 3.05) is 0 Å². The summed E-state index contributed by atoms with van der Waals surface area (Å²) >= 11 is 0. The Balaban J connectivity index is 1.80. The van der Waals surface area contributed by atoms with E-state index in [0.29, 0.717) is 5.92 Å². The number of rotatable bonds is 7. The number of carbonyl (C=O) groups is 1. The fraction of sp³-hybridized carbons (Fsp3) is 0.654. The molecule has 0 radical (unpaired) electrons. The van der Waals surface area contributed by atoms with Crippen LogP contribution in [-0.4, -0.2) is 12.1 Å². The molecule has 0 spiro atoms. The van der Waals surface area contributed by atoms with Gasteiger partial charge in [0.25, 0.3) is 0 Å². The van der Waals surface area contributed by atoms with E-state index >= 15 is 0 Å². The number of benzene rings is 1. The minimum absolute atomic E-state index is 0.126. The van der Waals surface area contributed by atoms with E-state index in [-0.39, 0.29) is 29.3 Å². The lowest BCUT2D eigenvalue weighted by molar-refractivity contribution is -0.159. The van der Waals surface area contributed by atoms with E-state index in [1.54, 1.807) is 0 Å². The van der Waals surface area contributed by atoms with Crippen molar-refractivity contribution in [2.45, 2.75) is 77.7 Å². The monoisotopic (exact) mass is 406 g/mol. The largest absolute Gasteiger partial charge is 0.462 e. The first kappa shape index (κ1) is 22.4. The molecule has 5 atom stereocenters. The van der Waals surface area contributed by atoms with Crippen LogP contribution in [0.3, 0.4) is 0 Å². The first-order valence-electron chi connectivity index (χ1n) is 11.4. The highest BCUT2D eigenvalue weighted by atomic mass is 16.5. The standard InChI is InChI=1S/C26H34N2O2/c1-5-6-12-21-23(26(21,16-27)17-28)24(29)30-22-15-18(2)13-14-20(22)25(3,4)19-10-8-7-9-11-19/h7-11,18,20-23H,5-6,12-15H2,1-4H3/t18-,20-,21-,22-,23-/m1/s1. The van der Waals surface area contributed by atoms with Crippen LogP contribution in [0.1, 0.15) is 71.8 Å². The van der Waals surface area contributed by atoms with E-state index in [9.17, 15) is 15.3 Å². The fourth-order valence-corrected chi connectivity index (χ4v) is 5.55. The Bertz CT molecular complexity index is 819. The molecular formula is C26H34N2O2. The molecule has 160 valence electrons. The Morgan fingerprint density at radius 2 is 1.87 bits per heavy atom. The Kier molecular flexibility index (Phi) is 6.56. The zero-order valence-corrected chi connectivity index (χ0v) is 18.7. The van der Waals surface area contributed by atoms with Crippen molar-refractivity contribution < 1.29 is 9.53 Å². The molecule has 2 fully saturated rings. The Hall–Kier alpha value is -2.33.